The van der Waals surface area contributed by atoms with Gasteiger partial charge in [0, 0.05) is 74.5 Å². The van der Waals surface area contributed by atoms with Crippen LogP contribution in [0.4, 0.5) is 15.8 Å². The topological polar surface area (TPSA) is 44.7 Å². The number of hydrogen-bond acceptors (Lipinski definition) is 6. The number of halogens is 1. The number of aromatic nitrogens is 2. The molecule has 4 aromatic rings. The number of pyridine rings is 2. The average molecular weight is 472 g/mol. The molecule has 0 amide bonds. The molecule has 7 heteroatoms. The number of methoxy groups -OCH3 is 1. The van der Waals surface area contributed by atoms with E-state index in [9.17, 15) is 4.39 Å². The molecule has 2 aromatic carbocycles. The van der Waals surface area contributed by atoms with Gasteiger partial charge in [0.05, 0.1) is 29.5 Å². The molecule has 4 heterocycles. The first-order valence-corrected chi connectivity index (χ1v) is 12.4. The van der Waals surface area contributed by atoms with Crippen LogP contribution in [0.1, 0.15) is 12.8 Å². The number of piperazine rings is 1. The van der Waals surface area contributed by atoms with Crippen LogP contribution in [0.2, 0.25) is 0 Å². The summed E-state index contributed by atoms with van der Waals surface area (Å²) in [6.45, 7) is 5.91. The molecule has 180 valence electrons. The summed E-state index contributed by atoms with van der Waals surface area (Å²) >= 11 is 0. The highest BCUT2D eigenvalue weighted by Crippen LogP contribution is 2.33. The van der Waals surface area contributed by atoms with Gasteiger partial charge in [0.15, 0.2) is 0 Å². The lowest BCUT2D eigenvalue weighted by Gasteiger charge is -2.44. The van der Waals surface area contributed by atoms with E-state index in [-0.39, 0.29) is 5.82 Å². The van der Waals surface area contributed by atoms with Crippen molar-refractivity contribution in [2.24, 2.45) is 0 Å². The van der Waals surface area contributed by atoms with Crippen molar-refractivity contribution >= 4 is 33.2 Å². The maximum Gasteiger partial charge on any atom is 0.132 e. The fourth-order valence-corrected chi connectivity index (χ4v) is 5.68. The third kappa shape index (κ3) is 4.14. The van der Waals surface area contributed by atoms with Gasteiger partial charge in [-0.15, -0.1) is 0 Å². The summed E-state index contributed by atoms with van der Waals surface area (Å²) < 4.78 is 19.8. The summed E-state index contributed by atoms with van der Waals surface area (Å²) in [6, 6.07) is 15.9. The zero-order valence-electron chi connectivity index (χ0n) is 20.0. The van der Waals surface area contributed by atoms with Crippen molar-refractivity contribution in [2.45, 2.75) is 18.9 Å². The molecule has 6 rings (SSSR count). The first kappa shape index (κ1) is 22.0. The molecule has 0 radical (unpaired) electrons. The van der Waals surface area contributed by atoms with Crippen LogP contribution in [0.15, 0.2) is 60.9 Å². The first-order chi connectivity index (χ1) is 17.2. The fraction of sp³-hybridized carbons (Fsp3) is 0.357. The van der Waals surface area contributed by atoms with Gasteiger partial charge in [-0.2, -0.15) is 0 Å². The first-order valence-electron chi connectivity index (χ1n) is 12.4. The molecule has 0 spiro atoms. The Bertz CT molecular complexity index is 1350. The smallest absolute Gasteiger partial charge is 0.132 e. The molecule has 0 N–H and O–H groups in total. The third-order valence-corrected chi connectivity index (χ3v) is 7.57. The average Bonchev–Trinajstić information content (AvgIpc) is 2.93. The Balaban J connectivity index is 1.12. The maximum absolute atomic E-state index is 14.2. The van der Waals surface area contributed by atoms with E-state index in [1.54, 1.807) is 25.4 Å². The summed E-state index contributed by atoms with van der Waals surface area (Å²) in [5.41, 5.74) is 4.00. The maximum atomic E-state index is 14.2. The predicted octanol–water partition coefficient (Wildman–Crippen LogP) is 4.72. The van der Waals surface area contributed by atoms with Crippen molar-refractivity contribution in [3.05, 3.63) is 66.7 Å². The number of nitrogens with zero attached hydrogens (tertiary/aromatic N) is 5. The van der Waals surface area contributed by atoms with Crippen LogP contribution in [0.3, 0.4) is 0 Å². The van der Waals surface area contributed by atoms with Crippen molar-refractivity contribution in [3.8, 4) is 5.75 Å². The van der Waals surface area contributed by atoms with Crippen LogP contribution in [-0.2, 0) is 0 Å². The number of rotatable bonds is 4. The van der Waals surface area contributed by atoms with Crippen LogP contribution in [0.5, 0.6) is 5.75 Å². The number of benzene rings is 2. The molecule has 6 nitrogen and oxygen atoms in total. The van der Waals surface area contributed by atoms with Crippen molar-refractivity contribution < 1.29 is 9.13 Å². The molecule has 0 atom stereocenters. The van der Waals surface area contributed by atoms with E-state index in [0.717, 1.165) is 80.0 Å². The molecule has 0 unspecified atom stereocenters. The molecule has 2 fully saturated rings. The second-order valence-corrected chi connectivity index (χ2v) is 9.43. The Morgan fingerprint density at radius 3 is 2.29 bits per heavy atom. The van der Waals surface area contributed by atoms with Gasteiger partial charge in [-0.25, -0.2) is 4.39 Å². The van der Waals surface area contributed by atoms with Gasteiger partial charge in [-0.3, -0.25) is 14.9 Å². The number of anilines is 2. The minimum Gasteiger partial charge on any atom is -0.497 e. The minimum absolute atomic E-state index is 0.207. The summed E-state index contributed by atoms with van der Waals surface area (Å²) in [5, 5.41) is 1.71. The molecule has 2 aliphatic rings. The lowest BCUT2D eigenvalue weighted by atomic mass is 10.0. The molecule has 2 saturated heterocycles. The summed E-state index contributed by atoms with van der Waals surface area (Å²) in [4.78, 5) is 16.6. The lowest BCUT2D eigenvalue weighted by molar-refractivity contribution is 0.160. The number of hydrogen-bond donors (Lipinski definition) is 0. The normalized spacial score (nSPS) is 17.9. The molecule has 0 saturated carbocycles. The van der Waals surface area contributed by atoms with Gasteiger partial charge in [0.2, 0.25) is 0 Å². The summed E-state index contributed by atoms with van der Waals surface area (Å²) in [6.07, 6.45) is 5.87. The summed E-state index contributed by atoms with van der Waals surface area (Å²) in [7, 11) is 1.72. The monoisotopic (exact) mass is 471 g/mol. The Hall–Kier alpha value is -3.45. The van der Waals surface area contributed by atoms with E-state index < -0.39 is 0 Å². The molecular formula is C28H30FN5O. The van der Waals surface area contributed by atoms with Crippen LogP contribution >= 0.6 is 0 Å². The SMILES string of the molecule is COc1cc(N2CCC(N3CCN(c4ccc(F)c5cccnc45)CC3)CC2)c2ncccc2c1. The van der Waals surface area contributed by atoms with Crippen LogP contribution in [0, 0.1) is 5.82 Å². The molecule has 2 aromatic heterocycles. The van der Waals surface area contributed by atoms with E-state index >= 15 is 0 Å². The van der Waals surface area contributed by atoms with Gasteiger partial charge in [0.25, 0.3) is 0 Å². The fourth-order valence-electron chi connectivity index (χ4n) is 5.68. The van der Waals surface area contributed by atoms with Gasteiger partial charge in [-0.1, -0.05) is 6.07 Å². The predicted molar refractivity (Wildman–Crippen MR) is 139 cm³/mol. The molecule has 2 aliphatic heterocycles. The van der Waals surface area contributed by atoms with Crippen LogP contribution in [-0.4, -0.2) is 67.3 Å². The Morgan fingerprint density at radius 2 is 1.51 bits per heavy atom. The zero-order chi connectivity index (χ0) is 23.8. The van der Waals surface area contributed by atoms with Gasteiger partial charge < -0.3 is 14.5 Å². The van der Waals surface area contributed by atoms with E-state index in [1.165, 1.54) is 5.69 Å². The van der Waals surface area contributed by atoms with Gasteiger partial charge in [0.1, 0.15) is 11.6 Å². The van der Waals surface area contributed by atoms with E-state index in [4.69, 9.17) is 4.74 Å². The van der Waals surface area contributed by atoms with Crippen molar-refractivity contribution in [2.75, 3.05) is 56.2 Å². The highest BCUT2D eigenvalue weighted by atomic mass is 19.1. The molecule has 35 heavy (non-hydrogen) atoms. The van der Waals surface area contributed by atoms with Gasteiger partial charge >= 0.3 is 0 Å². The quantitative estimate of drug-likeness (QED) is 0.429. The largest absolute Gasteiger partial charge is 0.497 e. The molecule has 0 aliphatic carbocycles. The third-order valence-electron chi connectivity index (χ3n) is 7.57. The van der Waals surface area contributed by atoms with Gasteiger partial charge in [-0.05, 0) is 49.2 Å². The molecular weight excluding hydrogens is 441 g/mol. The van der Waals surface area contributed by atoms with E-state index in [2.05, 4.69) is 42.9 Å². The minimum atomic E-state index is -0.207. The van der Waals surface area contributed by atoms with Crippen molar-refractivity contribution in [3.63, 3.8) is 0 Å². The number of ether oxygens (including phenoxy) is 1. The second kappa shape index (κ2) is 9.30. The van der Waals surface area contributed by atoms with E-state index in [1.807, 2.05) is 24.4 Å². The van der Waals surface area contributed by atoms with Crippen LogP contribution in [0.25, 0.3) is 21.8 Å². The van der Waals surface area contributed by atoms with E-state index in [0.29, 0.717) is 11.4 Å². The number of piperidine rings is 1. The van der Waals surface area contributed by atoms with Crippen LogP contribution < -0.4 is 14.5 Å². The second-order valence-electron chi connectivity index (χ2n) is 9.43. The zero-order valence-corrected chi connectivity index (χ0v) is 20.0. The Kier molecular flexibility index (Phi) is 5.86. The number of fused-ring (bicyclic) bond motifs is 2. The Labute approximate surface area is 204 Å². The lowest BCUT2D eigenvalue weighted by Crippen LogP contribution is -2.53. The highest BCUT2D eigenvalue weighted by Gasteiger charge is 2.29. The highest BCUT2D eigenvalue weighted by molar-refractivity contribution is 5.92. The van der Waals surface area contributed by atoms with Crippen molar-refractivity contribution in [1.29, 1.82) is 0 Å². The standard InChI is InChI=1S/C28H30FN5O/c1-35-22-18-20-4-2-10-30-27(20)26(19-22)33-12-8-21(9-13-33)32-14-16-34(17-15-32)25-7-6-24(29)23-5-3-11-31-28(23)25/h2-7,10-11,18-19,21H,8-9,12-17H2,1H3. The summed E-state index contributed by atoms with van der Waals surface area (Å²) in [5.74, 6) is 0.669. The Morgan fingerprint density at radius 1 is 0.800 bits per heavy atom. The molecule has 0 bridgehead atoms. The van der Waals surface area contributed by atoms with Crippen molar-refractivity contribution in [1.82, 2.24) is 14.9 Å².